The summed E-state index contributed by atoms with van der Waals surface area (Å²) in [5.74, 6) is -0.229. The smallest absolute Gasteiger partial charge is 0.123 e. The number of hydrogen-bond donors (Lipinski definition) is 0. The fraction of sp³-hybridized carbons (Fsp3) is 0.143. The average Bonchev–Trinajstić information content (AvgIpc) is 2.34. The summed E-state index contributed by atoms with van der Waals surface area (Å²) in [6.45, 7) is 0. The Morgan fingerprint density at radius 2 is 1.67 bits per heavy atom. The predicted octanol–water partition coefficient (Wildman–Crippen LogP) is 5.81. The van der Waals surface area contributed by atoms with E-state index in [9.17, 15) is 4.39 Å². The van der Waals surface area contributed by atoms with Gasteiger partial charge in [-0.2, -0.15) is 0 Å². The second kappa shape index (κ2) is 6.05. The molecule has 2 aromatic rings. The van der Waals surface area contributed by atoms with Crippen LogP contribution in [-0.4, -0.2) is 0 Å². The van der Waals surface area contributed by atoms with Crippen LogP contribution in [0.15, 0.2) is 42.5 Å². The third-order valence-corrected chi connectivity index (χ3v) is 4.22. The van der Waals surface area contributed by atoms with E-state index in [2.05, 4.69) is 15.9 Å². The molecule has 0 aliphatic heterocycles. The molecule has 1 unspecified atom stereocenters. The summed E-state index contributed by atoms with van der Waals surface area (Å²) in [5, 5.41) is 1.10. The highest BCUT2D eigenvalue weighted by atomic mass is 79.9. The van der Waals surface area contributed by atoms with Gasteiger partial charge >= 0.3 is 0 Å². The molecule has 0 aromatic heterocycles. The van der Waals surface area contributed by atoms with Crippen LogP contribution in [0.1, 0.15) is 16.0 Å². The molecule has 0 aliphatic rings. The third-order valence-electron chi connectivity index (χ3n) is 2.63. The van der Waals surface area contributed by atoms with Gasteiger partial charge in [0.25, 0.3) is 0 Å². The van der Waals surface area contributed by atoms with E-state index in [1.807, 2.05) is 12.1 Å². The summed E-state index contributed by atoms with van der Waals surface area (Å²) < 4.78 is 12.8. The Morgan fingerprint density at radius 1 is 1.00 bits per heavy atom. The molecule has 1 atom stereocenters. The first-order chi connectivity index (χ1) is 8.56. The molecule has 94 valence electrons. The summed E-state index contributed by atoms with van der Waals surface area (Å²) in [7, 11) is 0. The SMILES string of the molecule is Fc1ccc(C(Br)Cc2ccc(Cl)c(Cl)c2)cc1. The standard InChI is InChI=1S/C14H10BrCl2F/c15-12(10-2-4-11(18)5-3-10)7-9-1-6-13(16)14(17)8-9/h1-6,8,12H,7H2. The highest BCUT2D eigenvalue weighted by molar-refractivity contribution is 9.09. The van der Waals surface area contributed by atoms with Crippen LogP contribution in [0, 0.1) is 5.82 Å². The summed E-state index contributed by atoms with van der Waals surface area (Å²) in [6.07, 6.45) is 0.766. The second-order valence-electron chi connectivity index (χ2n) is 3.97. The average molecular weight is 348 g/mol. The molecule has 0 aliphatic carbocycles. The first kappa shape index (κ1) is 13.9. The lowest BCUT2D eigenvalue weighted by molar-refractivity contribution is 0.627. The van der Waals surface area contributed by atoms with Gasteiger partial charge in [0.05, 0.1) is 10.0 Å². The monoisotopic (exact) mass is 346 g/mol. The number of alkyl halides is 1. The minimum Gasteiger partial charge on any atom is -0.207 e. The Labute approximate surface area is 124 Å². The molecule has 2 aromatic carbocycles. The van der Waals surface area contributed by atoms with E-state index in [0.29, 0.717) is 10.0 Å². The highest BCUT2D eigenvalue weighted by Gasteiger charge is 2.09. The van der Waals surface area contributed by atoms with Gasteiger partial charge in [0.2, 0.25) is 0 Å². The molecule has 0 fully saturated rings. The molecule has 0 heterocycles. The first-order valence-electron chi connectivity index (χ1n) is 5.40. The zero-order valence-electron chi connectivity index (χ0n) is 9.34. The maximum atomic E-state index is 12.8. The predicted molar refractivity (Wildman–Crippen MR) is 78.2 cm³/mol. The summed E-state index contributed by atoms with van der Waals surface area (Å²) >= 11 is 15.4. The lowest BCUT2D eigenvalue weighted by Gasteiger charge is -2.11. The van der Waals surface area contributed by atoms with Gasteiger partial charge in [-0.25, -0.2) is 4.39 Å². The quantitative estimate of drug-likeness (QED) is 0.614. The minimum atomic E-state index is -0.229. The molecule has 0 N–H and O–H groups in total. The Morgan fingerprint density at radius 3 is 2.28 bits per heavy atom. The van der Waals surface area contributed by atoms with Crippen LogP contribution in [0.2, 0.25) is 10.0 Å². The number of halogens is 4. The molecule has 0 bridgehead atoms. The summed E-state index contributed by atoms with van der Waals surface area (Å²) in [5.41, 5.74) is 2.11. The second-order valence-corrected chi connectivity index (χ2v) is 5.89. The van der Waals surface area contributed by atoms with Crippen molar-refractivity contribution >= 4 is 39.1 Å². The number of hydrogen-bond acceptors (Lipinski definition) is 0. The zero-order chi connectivity index (χ0) is 13.1. The summed E-state index contributed by atoms with van der Waals surface area (Å²) in [4.78, 5) is 0.121. The van der Waals surface area contributed by atoms with Crippen LogP contribution < -0.4 is 0 Å². The van der Waals surface area contributed by atoms with Crippen molar-refractivity contribution in [1.82, 2.24) is 0 Å². The third kappa shape index (κ3) is 3.47. The van der Waals surface area contributed by atoms with Crippen molar-refractivity contribution < 1.29 is 4.39 Å². The molecular weight excluding hydrogens is 338 g/mol. The van der Waals surface area contributed by atoms with Crippen molar-refractivity contribution in [3.63, 3.8) is 0 Å². The zero-order valence-corrected chi connectivity index (χ0v) is 12.4. The van der Waals surface area contributed by atoms with Crippen LogP contribution in [0.3, 0.4) is 0 Å². The molecule has 4 heteroatoms. The fourth-order valence-electron chi connectivity index (χ4n) is 1.66. The maximum absolute atomic E-state index is 12.8. The van der Waals surface area contributed by atoms with Crippen molar-refractivity contribution in [1.29, 1.82) is 0 Å². The van der Waals surface area contributed by atoms with E-state index in [0.717, 1.165) is 17.5 Å². The van der Waals surface area contributed by atoms with Gasteiger partial charge in [-0.05, 0) is 41.8 Å². The van der Waals surface area contributed by atoms with Crippen LogP contribution in [0.4, 0.5) is 4.39 Å². The van der Waals surface area contributed by atoms with E-state index in [1.165, 1.54) is 12.1 Å². The van der Waals surface area contributed by atoms with Crippen LogP contribution in [-0.2, 0) is 6.42 Å². The number of benzene rings is 2. The topological polar surface area (TPSA) is 0 Å². The van der Waals surface area contributed by atoms with Crippen LogP contribution in [0.25, 0.3) is 0 Å². The molecule has 2 rings (SSSR count). The van der Waals surface area contributed by atoms with Gasteiger partial charge in [-0.1, -0.05) is 57.3 Å². The van der Waals surface area contributed by atoms with Crippen molar-refractivity contribution in [2.45, 2.75) is 11.2 Å². The van der Waals surface area contributed by atoms with Gasteiger partial charge in [-0.3, -0.25) is 0 Å². The maximum Gasteiger partial charge on any atom is 0.123 e. The molecular formula is C14H10BrCl2F. The number of rotatable bonds is 3. The molecule has 0 saturated carbocycles. The fourth-order valence-corrected chi connectivity index (χ4v) is 2.66. The molecule has 0 nitrogen and oxygen atoms in total. The summed E-state index contributed by atoms with van der Waals surface area (Å²) in [6, 6.07) is 12.0. The van der Waals surface area contributed by atoms with Gasteiger partial charge in [0.1, 0.15) is 5.82 Å². The van der Waals surface area contributed by atoms with E-state index in [4.69, 9.17) is 23.2 Å². The van der Waals surface area contributed by atoms with Gasteiger partial charge in [-0.15, -0.1) is 0 Å². The van der Waals surface area contributed by atoms with Crippen molar-refractivity contribution in [3.8, 4) is 0 Å². The minimum absolute atomic E-state index is 0.121. The van der Waals surface area contributed by atoms with E-state index < -0.39 is 0 Å². The normalized spacial score (nSPS) is 12.4. The van der Waals surface area contributed by atoms with Crippen molar-refractivity contribution in [2.24, 2.45) is 0 Å². The van der Waals surface area contributed by atoms with E-state index in [1.54, 1.807) is 18.2 Å². The van der Waals surface area contributed by atoms with Gasteiger partial charge < -0.3 is 0 Å². The lowest BCUT2D eigenvalue weighted by atomic mass is 10.0. The molecule has 0 spiro atoms. The largest absolute Gasteiger partial charge is 0.207 e. The van der Waals surface area contributed by atoms with Crippen molar-refractivity contribution in [2.75, 3.05) is 0 Å². The molecule has 0 saturated heterocycles. The Kier molecular flexibility index (Phi) is 4.66. The van der Waals surface area contributed by atoms with Crippen LogP contribution in [0.5, 0.6) is 0 Å². The van der Waals surface area contributed by atoms with Crippen molar-refractivity contribution in [3.05, 3.63) is 69.5 Å². The highest BCUT2D eigenvalue weighted by Crippen LogP contribution is 2.30. The molecule has 18 heavy (non-hydrogen) atoms. The van der Waals surface area contributed by atoms with Crippen LogP contribution >= 0.6 is 39.1 Å². The van der Waals surface area contributed by atoms with Gasteiger partial charge in [0.15, 0.2) is 0 Å². The first-order valence-corrected chi connectivity index (χ1v) is 7.07. The Hall–Kier alpha value is -0.570. The molecule has 0 radical (unpaired) electrons. The van der Waals surface area contributed by atoms with E-state index in [-0.39, 0.29) is 10.6 Å². The Balaban J connectivity index is 2.13. The molecule has 0 amide bonds. The van der Waals surface area contributed by atoms with Gasteiger partial charge in [0, 0.05) is 4.83 Å². The Bertz CT molecular complexity index is 540. The van der Waals surface area contributed by atoms with E-state index >= 15 is 0 Å². The lowest BCUT2D eigenvalue weighted by Crippen LogP contribution is -1.95.